The minimum Gasteiger partial charge on any atom is -0.456 e. The number of carbonyl (C=O) groups is 2. The predicted molar refractivity (Wildman–Crippen MR) is 103 cm³/mol. The van der Waals surface area contributed by atoms with Crippen LogP contribution in [0.1, 0.15) is 55.0 Å². The molecular weight excluding hydrogens is 434 g/mol. The number of pyridine rings is 1. The second kappa shape index (κ2) is 7.24. The second-order valence-electron chi connectivity index (χ2n) is 7.60. The quantitative estimate of drug-likeness (QED) is 0.663. The van der Waals surface area contributed by atoms with Crippen LogP contribution in [-0.2, 0) is 15.2 Å². The number of aromatic nitrogens is 1. The Morgan fingerprint density at radius 1 is 1.29 bits per heavy atom. The molecule has 0 aliphatic heterocycles. The van der Waals surface area contributed by atoms with Crippen molar-refractivity contribution in [1.82, 2.24) is 4.98 Å². The third-order valence-corrected chi connectivity index (χ3v) is 4.63. The fraction of sp³-hybridized carbons (Fsp3) is 0.350. The van der Waals surface area contributed by atoms with Crippen molar-refractivity contribution in [1.29, 1.82) is 0 Å². The van der Waals surface area contributed by atoms with E-state index in [1.54, 1.807) is 20.8 Å². The van der Waals surface area contributed by atoms with Gasteiger partial charge in [-0.25, -0.2) is 13.6 Å². The molecule has 0 fully saturated rings. The van der Waals surface area contributed by atoms with Crippen molar-refractivity contribution in [3.8, 4) is 0 Å². The van der Waals surface area contributed by atoms with Gasteiger partial charge in [-0.05, 0) is 67.0 Å². The highest BCUT2D eigenvalue weighted by atomic mass is 79.9. The zero-order valence-electron chi connectivity index (χ0n) is 15.6. The molecule has 1 heterocycles. The smallest absolute Gasteiger partial charge is 0.338 e. The Balaban J connectivity index is 1.76. The van der Waals surface area contributed by atoms with Gasteiger partial charge in [0.05, 0.1) is 11.3 Å². The Labute approximate surface area is 169 Å². The van der Waals surface area contributed by atoms with Gasteiger partial charge in [0.25, 0.3) is 5.91 Å². The summed E-state index contributed by atoms with van der Waals surface area (Å²) >= 11 is 3.17. The van der Waals surface area contributed by atoms with Crippen LogP contribution >= 0.6 is 15.9 Å². The number of nitrogens with zero attached hydrogens (tertiary/aromatic N) is 1. The number of ether oxygens (including phenoxy) is 1. The number of carbonyl (C=O) groups excluding carboxylic acids is 2. The van der Waals surface area contributed by atoms with Gasteiger partial charge in [0, 0.05) is 28.3 Å². The van der Waals surface area contributed by atoms with Crippen LogP contribution in [-0.4, -0.2) is 22.5 Å². The number of amides is 1. The van der Waals surface area contributed by atoms with Gasteiger partial charge < -0.3 is 10.1 Å². The molecule has 2 aromatic rings. The molecule has 1 aromatic carbocycles. The molecule has 28 heavy (non-hydrogen) atoms. The lowest BCUT2D eigenvalue weighted by Crippen LogP contribution is -2.35. The number of hydrogen-bond donors (Lipinski definition) is 1. The number of anilines is 1. The van der Waals surface area contributed by atoms with Crippen LogP contribution in [0.4, 0.5) is 14.5 Å². The largest absolute Gasteiger partial charge is 0.456 e. The highest BCUT2D eigenvalue weighted by Gasteiger charge is 2.52. The number of rotatable bonds is 3. The van der Waals surface area contributed by atoms with E-state index in [0.717, 1.165) is 0 Å². The van der Waals surface area contributed by atoms with Crippen molar-refractivity contribution < 1.29 is 23.1 Å². The highest BCUT2D eigenvalue weighted by molar-refractivity contribution is 9.10. The Bertz CT molecular complexity index is 928. The van der Waals surface area contributed by atoms with E-state index in [-0.39, 0.29) is 16.9 Å². The van der Waals surface area contributed by atoms with Crippen LogP contribution < -0.4 is 5.32 Å². The van der Waals surface area contributed by atoms with E-state index in [1.165, 1.54) is 36.5 Å². The van der Waals surface area contributed by atoms with Crippen LogP contribution in [0.25, 0.3) is 0 Å². The summed E-state index contributed by atoms with van der Waals surface area (Å²) in [6.45, 7) is 5.26. The van der Waals surface area contributed by atoms with Crippen molar-refractivity contribution in [2.24, 2.45) is 0 Å². The molecule has 3 rings (SSSR count). The monoisotopic (exact) mass is 452 g/mol. The van der Waals surface area contributed by atoms with E-state index in [9.17, 15) is 14.0 Å². The Kier molecular flexibility index (Phi) is 5.27. The van der Waals surface area contributed by atoms with Gasteiger partial charge in [-0.3, -0.25) is 9.78 Å². The third-order valence-electron chi connectivity index (χ3n) is 4.19. The van der Waals surface area contributed by atoms with E-state index < -0.39 is 35.7 Å². The summed E-state index contributed by atoms with van der Waals surface area (Å²) in [5.41, 5.74) is -2.79. The number of esters is 1. The van der Waals surface area contributed by atoms with Crippen LogP contribution in [0.15, 0.2) is 41.0 Å². The maximum atomic E-state index is 15.4. The fourth-order valence-electron chi connectivity index (χ4n) is 2.94. The van der Waals surface area contributed by atoms with E-state index >= 15 is 4.39 Å². The van der Waals surface area contributed by atoms with Crippen LogP contribution in [0.2, 0.25) is 0 Å². The van der Waals surface area contributed by atoms with Gasteiger partial charge >= 0.3 is 5.97 Å². The number of alkyl halides is 2. The Hall–Kier alpha value is -2.35. The average molecular weight is 453 g/mol. The molecule has 148 valence electrons. The minimum absolute atomic E-state index is 0.0623. The molecule has 5 nitrogen and oxygen atoms in total. The number of halogens is 3. The summed E-state index contributed by atoms with van der Waals surface area (Å²) in [6, 6.07) is 7.27. The standard InChI is InChI=1S/C20H19BrF2N2O3/c1-19(2,3)28-17(26)11-4-6-13(7-5-11)25-18(27)20(23)9-15(22)14-8-12(21)10-24-16(14)20/h4-8,10,15H,9H2,1-3H3,(H,25,27). The van der Waals surface area contributed by atoms with Crippen molar-refractivity contribution in [2.75, 3.05) is 5.32 Å². The van der Waals surface area contributed by atoms with E-state index in [2.05, 4.69) is 26.2 Å². The molecule has 0 saturated heterocycles. The maximum Gasteiger partial charge on any atom is 0.338 e. The molecule has 8 heteroatoms. The molecule has 2 unspecified atom stereocenters. The molecule has 0 saturated carbocycles. The third kappa shape index (κ3) is 4.06. The first-order valence-corrected chi connectivity index (χ1v) is 9.43. The normalized spacial score (nSPS) is 21.1. The SMILES string of the molecule is CC(C)(C)OC(=O)c1ccc(NC(=O)C2(F)CC(F)c3cc(Br)cnc32)cc1. The van der Waals surface area contributed by atoms with Gasteiger partial charge in [-0.15, -0.1) is 0 Å². The van der Waals surface area contributed by atoms with Crippen LogP contribution in [0.5, 0.6) is 0 Å². The average Bonchev–Trinajstić information content (AvgIpc) is 2.85. The van der Waals surface area contributed by atoms with Gasteiger partial charge in [-0.2, -0.15) is 0 Å². The van der Waals surface area contributed by atoms with E-state index in [0.29, 0.717) is 10.0 Å². The second-order valence-corrected chi connectivity index (χ2v) is 8.51. The van der Waals surface area contributed by atoms with Crippen molar-refractivity contribution in [3.63, 3.8) is 0 Å². The highest BCUT2D eigenvalue weighted by Crippen LogP contribution is 2.48. The lowest BCUT2D eigenvalue weighted by Gasteiger charge is -2.20. The van der Waals surface area contributed by atoms with Gasteiger partial charge in [0.15, 0.2) is 0 Å². The fourth-order valence-corrected chi connectivity index (χ4v) is 3.28. The summed E-state index contributed by atoms with van der Waals surface area (Å²) < 4.78 is 35.4. The van der Waals surface area contributed by atoms with Crippen molar-refractivity contribution in [3.05, 3.63) is 57.8 Å². The topological polar surface area (TPSA) is 68.3 Å². The lowest BCUT2D eigenvalue weighted by molar-refractivity contribution is -0.128. The first-order valence-electron chi connectivity index (χ1n) is 8.63. The molecule has 1 aliphatic carbocycles. The predicted octanol–water partition coefficient (Wildman–Crippen LogP) is 5.02. The molecule has 1 aliphatic rings. The van der Waals surface area contributed by atoms with Gasteiger partial charge in [0.2, 0.25) is 5.67 Å². The Morgan fingerprint density at radius 2 is 1.93 bits per heavy atom. The summed E-state index contributed by atoms with van der Waals surface area (Å²) in [4.78, 5) is 28.5. The van der Waals surface area contributed by atoms with Gasteiger partial charge in [0.1, 0.15) is 11.8 Å². The zero-order valence-corrected chi connectivity index (χ0v) is 17.1. The minimum atomic E-state index is -2.57. The Morgan fingerprint density at radius 3 is 2.54 bits per heavy atom. The molecule has 1 amide bonds. The molecule has 0 radical (unpaired) electrons. The molecule has 0 spiro atoms. The number of hydrogen-bond acceptors (Lipinski definition) is 4. The van der Waals surface area contributed by atoms with E-state index in [4.69, 9.17) is 4.74 Å². The first-order chi connectivity index (χ1) is 13.0. The summed E-state index contributed by atoms with van der Waals surface area (Å²) in [5, 5.41) is 2.43. The zero-order chi connectivity index (χ0) is 20.7. The number of nitrogens with one attached hydrogen (secondary N) is 1. The van der Waals surface area contributed by atoms with Crippen molar-refractivity contribution >= 4 is 33.5 Å². The lowest BCUT2D eigenvalue weighted by atomic mass is 10.0. The molecule has 1 N–H and O–H groups in total. The number of benzene rings is 1. The molecule has 0 bridgehead atoms. The molecule has 2 atom stereocenters. The first kappa shape index (κ1) is 20.4. The molecular formula is C20H19BrF2N2O3. The van der Waals surface area contributed by atoms with Crippen molar-refractivity contribution in [2.45, 2.75) is 44.6 Å². The van der Waals surface area contributed by atoms with Crippen LogP contribution in [0, 0.1) is 0 Å². The van der Waals surface area contributed by atoms with Gasteiger partial charge in [-0.1, -0.05) is 0 Å². The number of fused-ring (bicyclic) bond motifs is 1. The maximum absolute atomic E-state index is 15.4. The van der Waals surface area contributed by atoms with E-state index in [1.807, 2.05) is 0 Å². The molecule has 1 aromatic heterocycles. The summed E-state index contributed by atoms with van der Waals surface area (Å²) in [7, 11) is 0. The summed E-state index contributed by atoms with van der Waals surface area (Å²) in [5.74, 6) is -1.51. The van der Waals surface area contributed by atoms with Crippen LogP contribution in [0.3, 0.4) is 0 Å². The summed E-state index contributed by atoms with van der Waals surface area (Å²) in [6.07, 6.45) is -0.924.